The summed E-state index contributed by atoms with van der Waals surface area (Å²) in [4.78, 5) is 24.4. The molecule has 1 aromatic carbocycles. The Morgan fingerprint density at radius 2 is 2.08 bits per heavy atom. The van der Waals surface area contributed by atoms with Crippen molar-refractivity contribution in [2.45, 2.75) is 19.3 Å². The van der Waals surface area contributed by atoms with E-state index in [0.29, 0.717) is 28.4 Å². The maximum absolute atomic E-state index is 10.9. The number of hydrogen-bond donors (Lipinski definition) is 3. The minimum absolute atomic E-state index is 0.0811. The van der Waals surface area contributed by atoms with E-state index in [1.165, 1.54) is 6.33 Å². The van der Waals surface area contributed by atoms with Gasteiger partial charge in [0.05, 0.1) is 11.4 Å². The van der Waals surface area contributed by atoms with Gasteiger partial charge in [0, 0.05) is 22.1 Å². The highest BCUT2D eigenvalue weighted by Crippen LogP contribution is 2.45. The summed E-state index contributed by atoms with van der Waals surface area (Å²) in [6.07, 6.45) is 1.40. The van der Waals surface area contributed by atoms with Crippen LogP contribution in [0.2, 0.25) is 0 Å². The van der Waals surface area contributed by atoms with Gasteiger partial charge in [-0.2, -0.15) is 0 Å². The van der Waals surface area contributed by atoms with Crippen LogP contribution < -0.4 is 11.5 Å². The molecular weight excluding hydrogens is 310 g/mol. The second-order valence-electron chi connectivity index (χ2n) is 6.02. The molecule has 1 aliphatic carbocycles. The zero-order chi connectivity index (χ0) is 17.5. The molecule has 0 bridgehead atoms. The Morgan fingerprint density at radius 3 is 2.79 bits per heavy atom. The van der Waals surface area contributed by atoms with Gasteiger partial charge in [0.25, 0.3) is 5.91 Å². The molecule has 5 N–H and O–H groups in total. The molecule has 1 heterocycles. The second-order valence-corrected chi connectivity index (χ2v) is 6.02. The quantitative estimate of drug-likeness (QED) is 0.717. The number of aromatic hydroxyl groups is 1. The van der Waals surface area contributed by atoms with E-state index in [-0.39, 0.29) is 12.4 Å². The summed E-state index contributed by atoms with van der Waals surface area (Å²) in [5.74, 6) is -0.212. The first-order valence-electron chi connectivity index (χ1n) is 7.26. The van der Waals surface area contributed by atoms with Gasteiger partial charge in [-0.05, 0) is 32.0 Å². The number of benzene rings is 1. The van der Waals surface area contributed by atoms with Gasteiger partial charge in [0.2, 0.25) is 0 Å². The molecule has 0 aliphatic heterocycles. The number of anilines is 1. The maximum atomic E-state index is 10.9. The predicted molar refractivity (Wildman–Crippen MR) is 88.3 cm³/mol. The summed E-state index contributed by atoms with van der Waals surface area (Å²) in [5.41, 5.74) is 13.7. The van der Waals surface area contributed by atoms with Gasteiger partial charge in [-0.3, -0.25) is 4.79 Å². The summed E-state index contributed by atoms with van der Waals surface area (Å²) >= 11 is 0. The molecule has 0 atom stereocenters. The number of nitrogens with two attached hydrogens (primary N) is 2. The molecule has 0 saturated heterocycles. The van der Waals surface area contributed by atoms with Gasteiger partial charge in [-0.25, -0.2) is 9.97 Å². The molecule has 124 valence electrons. The molecule has 1 aromatic heterocycles. The SMILES string of the molecule is CC1(C)/C(=N/OCC(N)=O)c2cc(O)ccc2-c2ncnc(N)c21. The molecule has 2 aromatic rings. The molecular formula is C16H17N5O3. The lowest BCUT2D eigenvalue weighted by molar-refractivity contribution is -0.122. The number of phenols is 1. The van der Waals surface area contributed by atoms with Crippen LogP contribution in [0, 0.1) is 0 Å². The number of fused-ring (bicyclic) bond motifs is 3. The van der Waals surface area contributed by atoms with Crippen molar-refractivity contribution in [2.75, 3.05) is 12.3 Å². The summed E-state index contributed by atoms with van der Waals surface area (Å²) in [7, 11) is 0. The highest BCUT2D eigenvalue weighted by atomic mass is 16.6. The number of oxime groups is 1. The Kier molecular flexibility index (Phi) is 3.59. The molecule has 8 nitrogen and oxygen atoms in total. The van der Waals surface area contributed by atoms with Crippen molar-refractivity contribution in [3.8, 4) is 17.0 Å². The molecule has 3 rings (SSSR count). The Bertz CT molecular complexity index is 861. The molecule has 24 heavy (non-hydrogen) atoms. The lowest BCUT2D eigenvalue weighted by atomic mass is 9.70. The standard InChI is InChI=1S/C16H17N5O3/c1-16(2)12-13(19-7-20-15(12)18)9-4-3-8(22)5-10(9)14(16)21-24-6-11(17)23/h3-5,7,22H,6H2,1-2H3,(H2,17,23)(H2,18,19,20)/b21-14+. The lowest BCUT2D eigenvalue weighted by Crippen LogP contribution is -2.36. The number of carbonyl (C=O) groups excluding carboxylic acids is 1. The molecule has 0 spiro atoms. The normalized spacial score (nSPS) is 16.3. The van der Waals surface area contributed by atoms with Gasteiger partial charge in [-0.1, -0.05) is 5.16 Å². The molecule has 0 radical (unpaired) electrons. The minimum Gasteiger partial charge on any atom is -0.508 e. The van der Waals surface area contributed by atoms with Crippen molar-refractivity contribution >= 4 is 17.4 Å². The number of amides is 1. The van der Waals surface area contributed by atoms with Crippen molar-refractivity contribution in [2.24, 2.45) is 10.9 Å². The van der Waals surface area contributed by atoms with Gasteiger partial charge >= 0.3 is 0 Å². The van der Waals surface area contributed by atoms with Crippen LogP contribution in [-0.4, -0.2) is 33.3 Å². The second kappa shape index (κ2) is 5.48. The van der Waals surface area contributed by atoms with Gasteiger partial charge in [0.1, 0.15) is 17.9 Å². The van der Waals surface area contributed by atoms with Crippen LogP contribution in [0.1, 0.15) is 25.0 Å². The average Bonchev–Trinajstić information content (AvgIpc) is 2.49. The Morgan fingerprint density at radius 1 is 1.33 bits per heavy atom. The van der Waals surface area contributed by atoms with Crippen LogP contribution in [0.25, 0.3) is 11.3 Å². The van der Waals surface area contributed by atoms with E-state index in [2.05, 4.69) is 15.1 Å². The topological polar surface area (TPSA) is 137 Å². The monoisotopic (exact) mass is 327 g/mol. The Balaban J connectivity index is 2.26. The van der Waals surface area contributed by atoms with E-state index in [4.69, 9.17) is 16.3 Å². The van der Waals surface area contributed by atoms with Crippen LogP contribution >= 0.6 is 0 Å². The fourth-order valence-electron chi connectivity index (χ4n) is 2.93. The van der Waals surface area contributed by atoms with Crippen LogP contribution in [0.15, 0.2) is 29.7 Å². The third kappa shape index (κ3) is 2.41. The molecule has 0 saturated carbocycles. The van der Waals surface area contributed by atoms with Crippen molar-refractivity contribution < 1.29 is 14.7 Å². The van der Waals surface area contributed by atoms with E-state index >= 15 is 0 Å². The van der Waals surface area contributed by atoms with Gasteiger partial charge in [-0.15, -0.1) is 0 Å². The first kappa shape index (κ1) is 15.7. The number of hydrogen-bond acceptors (Lipinski definition) is 7. The lowest BCUT2D eigenvalue weighted by Gasteiger charge is -2.34. The molecule has 0 unspecified atom stereocenters. The van der Waals surface area contributed by atoms with Crippen LogP contribution in [0.3, 0.4) is 0 Å². The average molecular weight is 327 g/mol. The molecule has 1 amide bonds. The van der Waals surface area contributed by atoms with E-state index in [0.717, 1.165) is 5.56 Å². The number of phenolic OH excluding ortho intramolecular Hbond substituents is 1. The summed E-state index contributed by atoms with van der Waals surface area (Å²) in [6, 6.07) is 4.86. The molecule has 8 heteroatoms. The summed E-state index contributed by atoms with van der Waals surface area (Å²) in [5, 5.41) is 14.0. The van der Waals surface area contributed by atoms with Crippen molar-refractivity contribution in [1.82, 2.24) is 9.97 Å². The maximum Gasteiger partial charge on any atom is 0.258 e. The van der Waals surface area contributed by atoms with Crippen LogP contribution in [0.4, 0.5) is 5.82 Å². The highest BCUT2D eigenvalue weighted by Gasteiger charge is 2.40. The number of carbonyl (C=O) groups is 1. The minimum atomic E-state index is -0.695. The number of aromatic nitrogens is 2. The van der Waals surface area contributed by atoms with Crippen LogP contribution in [-0.2, 0) is 15.0 Å². The van der Waals surface area contributed by atoms with E-state index in [1.807, 2.05) is 13.8 Å². The zero-order valence-electron chi connectivity index (χ0n) is 13.3. The van der Waals surface area contributed by atoms with Gasteiger partial charge < -0.3 is 21.4 Å². The fourth-order valence-corrected chi connectivity index (χ4v) is 2.93. The summed E-state index contributed by atoms with van der Waals surface area (Å²) < 4.78 is 0. The Hall–Kier alpha value is -3.16. The number of nitrogen functional groups attached to an aromatic ring is 1. The Labute approximate surface area is 138 Å². The third-order valence-electron chi connectivity index (χ3n) is 3.97. The van der Waals surface area contributed by atoms with E-state index in [9.17, 15) is 9.90 Å². The first-order chi connectivity index (χ1) is 11.3. The van der Waals surface area contributed by atoms with E-state index in [1.54, 1.807) is 18.2 Å². The molecule has 0 fully saturated rings. The first-order valence-corrected chi connectivity index (χ1v) is 7.26. The number of rotatable bonds is 3. The largest absolute Gasteiger partial charge is 0.508 e. The van der Waals surface area contributed by atoms with Crippen molar-refractivity contribution in [1.29, 1.82) is 0 Å². The van der Waals surface area contributed by atoms with Crippen LogP contribution in [0.5, 0.6) is 5.75 Å². The van der Waals surface area contributed by atoms with Crippen molar-refractivity contribution in [3.63, 3.8) is 0 Å². The smallest absolute Gasteiger partial charge is 0.258 e. The highest BCUT2D eigenvalue weighted by molar-refractivity contribution is 6.15. The van der Waals surface area contributed by atoms with E-state index < -0.39 is 11.3 Å². The fraction of sp³-hybridized carbons (Fsp3) is 0.250. The number of primary amides is 1. The molecule has 1 aliphatic rings. The zero-order valence-corrected chi connectivity index (χ0v) is 13.3. The summed E-state index contributed by atoms with van der Waals surface area (Å²) in [6.45, 7) is 3.44. The van der Waals surface area contributed by atoms with Gasteiger partial charge in [0.15, 0.2) is 6.61 Å². The number of nitrogens with zero attached hydrogens (tertiary/aromatic N) is 3. The van der Waals surface area contributed by atoms with Crippen molar-refractivity contribution in [3.05, 3.63) is 35.7 Å². The third-order valence-corrected chi connectivity index (χ3v) is 3.97. The predicted octanol–water partition coefficient (Wildman–Crippen LogP) is 0.929.